The Kier molecular flexibility index (Phi) is 3.66. The molecule has 0 aliphatic carbocycles. The van der Waals surface area contributed by atoms with E-state index in [0.29, 0.717) is 0 Å². The van der Waals surface area contributed by atoms with Crippen molar-refractivity contribution in [3.05, 3.63) is 21.7 Å². The molecule has 6 heteroatoms. The number of halogens is 2. The number of ether oxygens (including phenoxy) is 2. The zero-order chi connectivity index (χ0) is 11.6. The largest absolute Gasteiger partial charge is 0.492 e. The molecule has 4 nitrogen and oxygen atoms in total. The molecule has 0 aliphatic rings. The van der Waals surface area contributed by atoms with E-state index in [4.69, 9.17) is 37.8 Å². The first-order valence-electron chi connectivity index (χ1n) is 3.86. The van der Waals surface area contributed by atoms with Crippen LogP contribution in [0.5, 0.6) is 11.5 Å². The maximum absolute atomic E-state index is 10.9. The third kappa shape index (κ3) is 2.11. The summed E-state index contributed by atoms with van der Waals surface area (Å²) in [5.74, 6) is -0.993. The minimum absolute atomic E-state index is 0.0550. The molecule has 1 aromatic rings. The fraction of sp³-hybridized carbons (Fsp3) is 0.222. The predicted molar refractivity (Wildman–Crippen MR) is 56.5 cm³/mol. The Morgan fingerprint density at radius 3 is 2.20 bits per heavy atom. The van der Waals surface area contributed by atoms with E-state index in [-0.39, 0.29) is 27.1 Å². The normalized spacial score (nSPS) is 9.87. The van der Waals surface area contributed by atoms with Crippen LogP contribution in [0, 0.1) is 0 Å². The molecule has 0 saturated carbocycles. The zero-order valence-electron chi connectivity index (χ0n) is 8.01. The second-order valence-corrected chi connectivity index (χ2v) is 3.38. The van der Waals surface area contributed by atoms with E-state index in [1.165, 1.54) is 20.3 Å². The fourth-order valence-corrected chi connectivity index (χ4v) is 1.54. The van der Waals surface area contributed by atoms with Crippen molar-refractivity contribution in [2.75, 3.05) is 14.2 Å². The van der Waals surface area contributed by atoms with Gasteiger partial charge >= 0.3 is 5.97 Å². The summed E-state index contributed by atoms with van der Waals surface area (Å²) < 4.78 is 9.85. The van der Waals surface area contributed by atoms with Crippen molar-refractivity contribution in [2.45, 2.75) is 0 Å². The van der Waals surface area contributed by atoms with Crippen LogP contribution in [0.15, 0.2) is 6.07 Å². The van der Waals surface area contributed by atoms with Crippen LogP contribution >= 0.6 is 23.2 Å². The summed E-state index contributed by atoms with van der Waals surface area (Å²) >= 11 is 11.6. The lowest BCUT2D eigenvalue weighted by Crippen LogP contribution is -2.03. The number of methoxy groups -OCH3 is 2. The molecule has 1 N–H and O–H groups in total. The fourth-order valence-electron chi connectivity index (χ4n) is 1.13. The number of carboxylic acids is 1. The van der Waals surface area contributed by atoms with Crippen molar-refractivity contribution in [2.24, 2.45) is 0 Å². The highest BCUT2D eigenvalue weighted by molar-refractivity contribution is 6.43. The lowest BCUT2D eigenvalue weighted by Gasteiger charge is -2.12. The van der Waals surface area contributed by atoms with Crippen LogP contribution in [-0.4, -0.2) is 25.3 Å². The second kappa shape index (κ2) is 4.59. The quantitative estimate of drug-likeness (QED) is 0.897. The minimum atomic E-state index is -1.16. The van der Waals surface area contributed by atoms with Gasteiger partial charge in [-0.3, -0.25) is 0 Å². The molecule has 0 aromatic heterocycles. The molecule has 0 aliphatic heterocycles. The van der Waals surface area contributed by atoms with Crippen LogP contribution in [-0.2, 0) is 0 Å². The second-order valence-electron chi connectivity index (χ2n) is 2.59. The van der Waals surface area contributed by atoms with Crippen LogP contribution < -0.4 is 9.47 Å². The summed E-state index contributed by atoms with van der Waals surface area (Å²) in [7, 11) is 2.68. The average molecular weight is 251 g/mol. The molecule has 1 rings (SSSR count). The number of benzene rings is 1. The van der Waals surface area contributed by atoms with E-state index in [0.717, 1.165) is 0 Å². The Balaban J connectivity index is 3.54. The summed E-state index contributed by atoms with van der Waals surface area (Å²) in [5, 5.41) is 9.12. The molecule has 0 heterocycles. The Morgan fingerprint density at radius 1 is 1.27 bits per heavy atom. The topological polar surface area (TPSA) is 55.8 Å². The first kappa shape index (κ1) is 11.9. The molecule has 0 unspecified atom stereocenters. The first-order chi connectivity index (χ1) is 7.02. The van der Waals surface area contributed by atoms with Gasteiger partial charge < -0.3 is 14.6 Å². The van der Waals surface area contributed by atoms with Crippen LogP contribution in [0.1, 0.15) is 10.4 Å². The van der Waals surface area contributed by atoms with Crippen molar-refractivity contribution in [3.8, 4) is 11.5 Å². The van der Waals surface area contributed by atoms with Crippen LogP contribution in [0.25, 0.3) is 0 Å². The van der Waals surface area contributed by atoms with Crippen LogP contribution in [0.4, 0.5) is 0 Å². The van der Waals surface area contributed by atoms with Gasteiger partial charge in [0.25, 0.3) is 0 Å². The van der Waals surface area contributed by atoms with Gasteiger partial charge in [0, 0.05) is 0 Å². The van der Waals surface area contributed by atoms with Gasteiger partial charge in [-0.2, -0.15) is 0 Å². The lowest BCUT2D eigenvalue weighted by molar-refractivity contribution is 0.0692. The molecular weight excluding hydrogens is 243 g/mol. The van der Waals surface area contributed by atoms with Crippen molar-refractivity contribution >= 4 is 29.2 Å². The summed E-state index contributed by atoms with van der Waals surface area (Å²) in [6, 6.07) is 1.22. The molecule has 82 valence electrons. The Hall–Kier alpha value is -1.13. The number of carboxylic acid groups (broad SMARTS) is 1. The molecule has 0 fully saturated rings. The molecule has 0 bridgehead atoms. The van der Waals surface area contributed by atoms with Gasteiger partial charge in [-0.05, 0) is 6.07 Å². The highest BCUT2D eigenvalue weighted by Gasteiger charge is 2.21. The van der Waals surface area contributed by atoms with Gasteiger partial charge in [0.1, 0.15) is 10.6 Å². The lowest BCUT2D eigenvalue weighted by atomic mass is 10.2. The van der Waals surface area contributed by atoms with Gasteiger partial charge in [0.05, 0.1) is 19.2 Å². The van der Waals surface area contributed by atoms with Gasteiger partial charge in [0.2, 0.25) is 0 Å². The molecule has 0 amide bonds. The van der Waals surface area contributed by atoms with E-state index in [9.17, 15) is 4.79 Å². The molecule has 0 spiro atoms. The molecule has 0 atom stereocenters. The van der Waals surface area contributed by atoms with E-state index < -0.39 is 5.97 Å². The predicted octanol–water partition coefficient (Wildman–Crippen LogP) is 2.71. The summed E-state index contributed by atoms with van der Waals surface area (Å²) in [6.07, 6.45) is 0. The molecule has 15 heavy (non-hydrogen) atoms. The number of aromatic carboxylic acids is 1. The third-order valence-corrected chi connectivity index (χ3v) is 2.54. The van der Waals surface area contributed by atoms with Crippen LogP contribution in [0.2, 0.25) is 10.0 Å². The minimum Gasteiger partial charge on any atom is -0.492 e. The molecule has 1 aromatic carbocycles. The van der Waals surface area contributed by atoms with Gasteiger partial charge in [-0.1, -0.05) is 23.2 Å². The average Bonchev–Trinajstić information content (AvgIpc) is 2.20. The van der Waals surface area contributed by atoms with Crippen molar-refractivity contribution in [3.63, 3.8) is 0 Å². The van der Waals surface area contributed by atoms with E-state index >= 15 is 0 Å². The highest BCUT2D eigenvalue weighted by Crippen LogP contribution is 2.42. The highest BCUT2D eigenvalue weighted by atomic mass is 35.5. The Labute approximate surface area is 96.3 Å². The van der Waals surface area contributed by atoms with Gasteiger partial charge in [-0.25, -0.2) is 4.79 Å². The zero-order valence-corrected chi connectivity index (χ0v) is 9.52. The summed E-state index contributed by atoms with van der Waals surface area (Å²) in [6.45, 7) is 0. The number of hydrogen-bond acceptors (Lipinski definition) is 3. The van der Waals surface area contributed by atoms with Crippen molar-refractivity contribution in [1.29, 1.82) is 0 Å². The van der Waals surface area contributed by atoms with Gasteiger partial charge in [0.15, 0.2) is 11.5 Å². The SMILES string of the molecule is COc1c(C(=O)O)cc(Cl)c(Cl)c1OC. The summed E-state index contributed by atoms with van der Waals surface area (Å²) in [5.41, 5.74) is -0.0937. The van der Waals surface area contributed by atoms with Crippen molar-refractivity contribution in [1.82, 2.24) is 0 Å². The molecule has 0 radical (unpaired) electrons. The van der Waals surface area contributed by atoms with Gasteiger partial charge in [-0.15, -0.1) is 0 Å². The standard InChI is InChI=1S/C9H8Cl2O4/c1-14-7-4(9(12)13)3-5(10)6(11)8(7)15-2/h3H,1-2H3,(H,12,13). The van der Waals surface area contributed by atoms with E-state index in [1.807, 2.05) is 0 Å². The van der Waals surface area contributed by atoms with E-state index in [1.54, 1.807) is 0 Å². The van der Waals surface area contributed by atoms with E-state index in [2.05, 4.69) is 0 Å². The number of hydrogen-bond donors (Lipinski definition) is 1. The summed E-state index contributed by atoms with van der Waals surface area (Å²) in [4.78, 5) is 10.9. The molecular formula is C9H8Cl2O4. The Morgan fingerprint density at radius 2 is 1.80 bits per heavy atom. The smallest absolute Gasteiger partial charge is 0.339 e. The molecule has 0 saturated heterocycles. The van der Waals surface area contributed by atoms with Crippen molar-refractivity contribution < 1.29 is 19.4 Å². The monoisotopic (exact) mass is 250 g/mol. The Bertz CT molecular complexity index is 404. The number of rotatable bonds is 3. The van der Waals surface area contributed by atoms with Crippen LogP contribution in [0.3, 0.4) is 0 Å². The third-order valence-electron chi connectivity index (χ3n) is 1.77. The number of carbonyl (C=O) groups is 1. The maximum Gasteiger partial charge on any atom is 0.339 e. The first-order valence-corrected chi connectivity index (χ1v) is 4.61. The maximum atomic E-state index is 10.9.